The van der Waals surface area contributed by atoms with E-state index in [1.54, 1.807) is 5.40 Å². The van der Waals surface area contributed by atoms with E-state index >= 15 is 0 Å². The van der Waals surface area contributed by atoms with Crippen LogP contribution in [0.15, 0.2) is 28.2 Å². The lowest BCUT2D eigenvalue weighted by Crippen LogP contribution is -2.24. The van der Waals surface area contributed by atoms with Crippen molar-refractivity contribution in [2.24, 2.45) is 17.8 Å². The lowest BCUT2D eigenvalue weighted by atomic mass is 9.69. The Morgan fingerprint density at radius 2 is 1.71 bits per heavy atom. The number of hydrogen-bond acceptors (Lipinski definition) is 2. The minimum atomic E-state index is -0.729. The summed E-state index contributed by atoms with van der Waals surface area (Å²) in [5.74, 6) is 7.16. The van der Waals surface area contributed by atoms with E-state index in [2.05, 4.69) is 25.7 Å². The highest BCUT2D eigenvalue weighted by molar-refractivity contribution is 8.03. The van der Waals surface area contributed by atoms with Gasteiger partial charge in [-0.3, -0.25) is 0 Å². The van der Waals surface area contributed by atoms with Crippen LogP contribution in [0.5, 0.6) is 0 Å². The Kier molecular flexibility index (Phi) is 7.19. The second-order valence-corrected chi connectivity index (χ2v) is 8.96. The van der Waals surface area contributed by atoms with Gasteiger partial charge in [0.25, 0.3) is 0 Å². The highest BCUT2D eigenvalue weighted by Crippen LogP contribution is 2.42. The SMILES string of the molecule is CCC1CCC(C2CCC(C#Cc3cc(F)c(SC#N)c(F)c3)=C(C)C2)CC1. The second-order valence-electron chi connectivity index (χ2n) is 8.16. The Labute approximate surface area is 171 Å². The fraction of sp³-hybridized carbons (Fsp3) is 0.542. The maximum absolute atomic E-state index is 14.0. The van der Waals surface area contributed by atoms with E-state index in [9.17, 15) is 8.78 Å². The fourth-order valence-corrected chi connectivity index (χ4v) is 5.13. The molecule has 0 saturated heterocycles. The van der Waals surface area contributed by atoms with Gasteiger partial charge in [-0.05, 0) is 80.7 Å². The molecule has 3 rings (SSSR count). The van der Waals surface area contributed by atoms with Gasteiger partial charge in [0.1, 0.15) is 17.0 Å². The number of hydrogen-bond donors (Lipinski definition) is 0. The van der Waals surface area contributed by atoms with Crippen molar-refractivity contribution in [1.29, 1.82) is 5.26 Å². The lowest BCUT2D eigenvalue weighted by molar-refractivity contribution is 0.188. The first-order valence-electron chi connectivity index (χ1n) is 10.3. The van der Waals surface area contributed by atoms with Gasteiger partial charge in [-0.2, -0.15) is 5.26 Å². The first-order valence-corrected chi connectivity index (χ1v) is 11.1. The Bertz CT molecular complexity index is 825. The number of allylic oxidation sites excluding steroid dienone is 2. The van der Waals surface area contributed by atoms with Crippen LogP contribution in [0.1, 0.15) is 70.8 Å². The average Bonchev–Trinajstić information content (AvgIpc) is 2.70. The molecule has 148 valence electrons. The third-order valence-electron chi connectivity index (χ3n) is 6.49. The molecule has 1 atom stereocenters. The minimum absolute atomic E-state index is 0.262. The zero-order valence-electron chi connectivity index (χ0n) is 16.7. The zero-order valence-corrected chi connectivity index (χ0v) is 17.5. The van der Waals surface area contributed by atoms with Gasteiger partial charge in [0.15, 0.2) is 0 Å². The molecule has 2 aliphatic rings. The molecular formula is C24H27F2NS. The molecule has 4 heteroatoms. The third kappa shape index (κ3) is 4.98. The van der Waals surface area contributed by atoms with Gasteiger partial charge >= 0.3 is 0 Å². The summed E-state index contributed by atoms with van der Waals surface area (Å²) in [5.41, 5.74) is 2.77. The molecule has 1 unspecified atom stereocenters. The molecule has 1 saturated carbocycles. The minimum Gasteiger partial charge on any atom is -0.206 e. The number of nitriles is 1. The van der Waals surface area contributed by atoms with Gasteiger partial charge in [-0.15, -0.1) is 0 Å². The number of thioether (sulfide) groups is 1. The van der Waals surface area contributed by atoms with E-state index in [4.69, 9.17) is 5.26 Å². The van der Waals surface area contributed by atoms with Gasteiger partial charge in [0.2, 0.25) is 0 Å². The summed E-state index contributed by atoms with van der Waals surface area (Å²) in [5, 5.41) is 10.3. The molecule has 1 fully saturated rings. The Morgan fingerprint density at radius 1 is 1.04 bits per heavy atom. The van der Waals surface area contributed by atoms with Gasteiger partial charge < -0.3 is 0 Å². The van der Waals surface area contributed by atoms with Gasteiger partial charge in [-0.25, -0.2) is 8.78 Å². The normalized spacial score (nSPS) is 25.0. The molecule has 28 heavy (non-hydrogen) atoms. The molecule has 1 aromatic rings. The summed E-state index contributed by atoms with van der Waals surface area (Å²) < 4.78 is 27.9. The molecule has 0 aliphatic heterocycles. The van der Waals surface area contributed by atoms with Crippen LogP contribution in [-0.2, 0) is 0 Å². The van der Waals surface area contributed by atoms with Crippen LogP contribution in [-0.4, -0.2) is 0 Å². The van der Waals surface area contributed by atoms with Crippen molar-refractivity contribution >= 4 is 11.8 Å². The van der Waals surface area contributed by atoms with E-state index in [0.717, 1.165) is 36.2 Å². The molecule has 0 aromatic heterocycles. The molecule has 1 aromatic carbocycles. The van der Waals surface area contributed by atoms with E-state index < -0.39 is 11.6 Å². The monoisotopic (exact) mass is 399 g/mol. The number of thiocyanates is 1. The van der Waals surface area contributed by atoms with Crippen LogP contribution in [0.25, 0.3) is 0 Å². The first-order chi connectivity index (χ1) is 13.5. The second kappa shape index (κ2) is 9.62. The van der Waals surface area contributed by atoms with Crippen molar-refractivity contribution in [1.82, 2.24) is 0 Å². The number of rotatable bonds is 3. The van der Waals surface area contributed by atoms with Crippen LogP contribution in [0.2, 0.25) is 0 Å². The smallest absolute Gasteiger partial charge is 0.142 e. The lowest BCUT2D eigenvalue weighted by Gasteiger charge is -2.36. The van der Waals surface area contributed by atoms with E-state index in [1.165, 1.54) is 56.2 Å². The van der Waals surface area contributed by atoms with E-state index in [-0.39, 0.29) is 4.90 Å². The summed E-state index contributed by atoms with van der Waals surface area (Å²) in [4.78, 5) is -0.262. The van der Waals surface area contributed by atoms with E-state index in [1.807, 2.05) is 0 Å². The summed E-state index contributed by atoms with van der Waals surface area (Å²) in [7, 11) is 0. The standard InChI is InChI=1S/C24H27F2NS/c1-3-17-4-8-20(9-5-17)21-11-10-19(16(2)12-21)7-6-18-13-22(25)24(28-15-27)23(26)14-18/h13-14,17,20-21H,3-5,8-12H2,1-2H3. The Balaban J connectivity index is 1.67. The predicted molar refractivity (Wildman–Crippen MR) is 110 cm³/mol. The molecule has 1 nitrogen and oxygen atoms in total. The zero-order chi connectivity index (χ0) is 20.1. The van der Waals surface area contributed by atoms with Gasteiger partial charge in [-0.1, -0.05) is 43.6 Å². The quantitative estimate of drug-likeness (QED) is 0.304. The topological polar surface area (TPSA) is 23.8 Å². The largest absolute Gasteiger partial charge is 0.206 e. The maximum Gasteiger partial charge on any atom is 0.142 e. The molecule has 2 aliphatic carbocycles. The number of benzene rings is 1. The first kappa shape index (κ1) is 20.9. The van der Waals surface area contributed by atoms with Crippen LogP contribution >= 0.6 is 11.8 Å². The van der Waals surface area contributed by atoms with Crippen LogP contribution in [0.4, 0.5) is 8.78 Å². The molecule has 0 N–H and O–H groups in total. The van der Waals surface area contributed by atoms with Crippen molar-refractivity contribution in [3.05, 3.63) is 40.5 Å². The van der Waals surface area contributed by atoms with Crippen molar-refractivity contribution in [3.8, 4) is 17.2 Å². The van der Waals surface area contributed by atoms with Crippen molar-refractivity contribution in [2.45, 2.75) is 70.1 Å². The van der Waals surface area contributed by atoms with Crippen molar-refractivity contribution in [3.63, 3.8) is 0 Å². The summed E-state index contributed by atoms with van der Waals surface area (Å²) >= 11 is 0.497. The molecular weight excluding hydrogens is 372 g/mol. The molecule has 0 bridgehead atoms. The van der Waals surface area contributed by atoms with Crippen LogP contribution < -0.4 is 0 Å². The number of halogens is 2. The van der Waals surface area contributed by atoms with Crippen molar-refractivity contribution < 1.29 is 8.78 Å². The maximum atomic E-state index is 14.0. The molecule has 0 radical (unpaired) electrons. The average molecular weight is 400 g/mol. The molecule has 0 heterocycles. The Morgan fingerprint density at radius 3 is 2.29 bits per heavy atom. The highest BCUT2D eigenvalue weighted by Gasteiger charge is 2.29. The Hall–Kier alpha value is -1.78. The van der Waals surface area contributed by atoms with E-state index in [0.29, 0.717) is 17.3 Å². The summed E-state index contributed by atoms with van der Waals surface area (Å²) in [6.07, 6.45) is 10.0. The fourth-order valence-electron chi connectivity index (χ4n) is 4.72. The molecule has 0 spiro atoms. The van der Waals surface area contributed by atoms with Crippen LogP contribution in [0.3, 0.4) is 0 Å². The molecule has 0 amide bonds. The van der Waals surface area contributed by atoms with Crippen LogP contribution in [0, 0.1) is 51.9 Å². The van der Waals surface area contributed by atoms with Gasteiger partial charge in [0, 0.05) is 11.1 Å². The summed E-state index contributed by atoms with van der Waals surface area (Å²) in [6.45, 7) is 4.46. The third-order valence-corrected chi connectivity index (χ3v) is 7.17. The van der Waals surface area contributed by atoms with Gasteiger partial charge in [0.05, 0.1) is 4.90 Å². The number of nitrogens with zero attached hydrogens (tertiary/aromatic N) is 1. The highest BCUT2D eigenvalue weighted by atomic mass is 32.2. The predicted octanol–water partition coefficient (Wildman–Crippen LogP) is 7.22. The van der Waals surface area contributed by atoms with Crippen molar-refractivity contribution in [2.75, 3.05) is 0 Å². The summed E-state index contributed by atoms with van der Waals surface area (Å²) in [6, 6.07) is 2.42.